The third-order valence-electron chi connectivity index (χ3n) is 2.19. The third-order valence-corrected chi connectivity index (χ3v) is 2.50. The highest BCUT2D eigenvalue weighted by Gasteiger charge is 2.15. The van der Waals surface area contributed by atoms with Crippen molar-refractivity contribution >= 4 is 34.5 Å². The minimum absolute atomic E-state index is 0.197. The third kappa shape index (κ3) is 2.16. The molecule has 2 amide bonds. The van der Waals surface area contributed by atoms with E-state index in [-0.39, 0.29) is 10.6 Å². The molecule has 0 spiro atoms. The van der Waals surface area contributed by atoms with E-state index in [2.05, 4.69) is 4.98 Å². The predicted octanol–water partition coefficient (Wildman–Crippen LogP) is 1.73. The number of carboxylic acid groups (broad SMARTS) is 1. The summed E-state index contributed by atoms with van der Waals surface area (Å²) in [4.78, 5) is 24.9. The lowest BCUT2D eigenvalue weighted by Gasteiger charge is -2.07. The van der Waals surface area contributed by atoms with Crippen molar-refractivity contribution in [3.8, 4) is 0 Å². The number of halogens is 1. The van der Waals surface area contributed by atoms with Crippen LogP contribution in [0.1, 0.15) is 10.4 Å². The second-order valence-corrected chi connectivity index (χ2v) is 3.66. The maximum absolute atomic E-state index is 11.7. The summed E-state index contributed by atoms with van der Waals surface area (Å²) < 4.78 is 0. The van der Waals surface area contributed by atoms with Crippen molar-refractivity contribution in [1.82, 2.24) is 15.8 Å². The number of aromatic amines is 1. The lowest BCUT2D eigenvalue weighted by Crippen LogP contribution is -2.40. The molecule has 0 aliphatic heterocycles. The first-order chi connectivity index (χ1) is 8.09. The van der Waals surface area contributed by atoms with Gasteiger partial charge in [0.25, 0.3) is 5.91 Å². The second kappa shape index (κ2) is 4.34. The molecular formula is C10H8ClN3O3. The molecule has 1 aromatic heterocycles. The van der Waals surface area contributed by atoms with Crippen LogP contribution in [0.2, 0.25) is 5.02 Å². The zero-order chi connectivity index (χ0) is 12.4. The van der Waals surface area contributed by atoms with Crippen LogP contribution in [0.3, 0.4) is 0 Å². The molecule has 88 valence electrons. The Morgan fingerprint density at radius 3 is 2.71 bits per heavy atom. The maximum atomic E-state index is 11.7. The molecule has 17 heavy (non-hydrogen) atoms. The minimum Gasteiger partial charge on any atom is -0.464 e. The van der Waals surface area contributed by atoms with E-state index in [0.29, 0.717) is 5.52 Å². The van der Waals surface area contributed by atoms with Gasteiger partial charge in [0.2, 0.25) is 0 Å². The minimum atomic E-state index is -1.35. The van der Waals surface area contributed by atoms with Gasteiger partial charge in [-0.15, -0.1) is 0 Å². The van der Waals surface area contributed by atoms with Gasteiger partial charge in [0.15, 0.2) is 0 Å². The van der Waals surface area contributed by atoms with Crippen LogP contribution in [0, 0.1) is 0 Å². The van der Waals surface area contributed by atoms with Gasteiger partial charge in [0.05, 0.1) is 16.1 Å². The second-order valence-electron chi connectivity index (χ2n) is 3.25. The SMILES string of the molecule is O=C(O)NNC(=O)c1c(Cl)ccc2cc[nH]c12. The zero-order valence-corrected chi connectivity index (χ0v) is 9.21. The van der Waals surface area contributed by atoms with Crippen LogP contribution in [0.5, 0.6) is 0 Å². The van der Waals surface area contributed by atoms with E-state index in [0.717, 1.165) is 5.39 Å². The molecule has 4 N–H and O–H groups in total. The predicted molar refractivity (Wildman–Crippen MR) is 61.9 cm³/mol. The van der Waals surface area contributed by atoms with Crippen molar-refractivity contribution in [1.29, 1.82) is 0 Å². The largest absolute Gasteiger partial charge is 0.464 e. The lowest BCUT2D eigenvalue weighted by atomic mass is 10.1. The molecule has 0 saturated heterocycles. The number of aromatic nitrogens is 1. The average molecular weight is 254 g/mol. The van der Waals surface area contributed by atoms with Crippen LogP contribution in [-0.2, 0) is 0 Å². The Morgan fingerprint density at radius 1 is 1.24 bits per heavy atom. The Kier molecular flexibility index (Phi) is 2.88. The summed E-state index contributed by atoms with van der Waals surface area (Å²) in [7, 11) is 0. The van der Waals surface area contributed by atoms with Crippen LogP contribution in [-0.4, -0.2) is 22.1 Å². The Hall–Kier alpha value is -2.21. The van der Waals surface area contributed by atoms with Gasteiger partial charge in [-0.2, -0.15) is 0 Å². The molecular weight excluding hydrogens is 246 g/mol. The summed E-state index contributed by atoms with van der Waals surface area (Å²) in [5.41, 5.74) is 4.56. The molecule has 0 aliphatic carbocycles. The highest BCUT2D eigenvalue weighted by atomic mass is 35.5. The van der Waals surface area contributed by atoms with E-state index in [9.17, 15) is 9.59 Å². The standard InChI is InChI=1S/C10H8ClN3O3/c11-6-2-1-5-3-4-12-8(5)7(6)9(15)13-14-10(16)17/h1-4,12,14H,(H,13,15)(H,16,17). The van der Waals surface area contributed by atoms with E-state index < -0.39 is 12.0 Å². The normalized spacial score (nSPS) is 10.2. The van der Waals surface area contributed by atoms with E-state index in [1.165, 1.54) is 0 Å². The summed E-state index contributed by atoms with van der Waals surface area (Å²) >= 11 is 5.91. The average Bonchev–Trinajstić information content (AvgIpc) is 2.73. The Bertz CT molecular complexity index is 593. The molecule has 6 nitrogen and oxygen atoms in total. The first-order valence-electron chi connectivity index (χ1n) is 4.64. The highest BCUT2D eigenvalue weighted by molar-refractivity contribution is 6.35. The molecule has 0 aliphatic rings. The molecule has 0 atom stereocenters. The Balaban J connectivity index is 2.39. The van der Waals surface area contributed by atoms with Crippen LogP contribution in [0.4, 0.5) is 4.79 Å². The van der Waals surface area contributed by atoms with E-state index in [1.54, 1.807) is 29.8 Å². The van der Waals surface area contributed by atoms with Crippen LogP contribution in [0.15, 0.2) is 24.4 Å². The molecule has 0 bridgehead atoms. The number of rotatable bonds is 1. The molecule has 0 unspecified atom stereocenters. The van der Waals surface area contributed by atoms with Gasteiger partial charge in [0.1, 0.15) is 0 Å². The van der Waals surface area contributed by atoms with Gasteiger partial charge in [0, 0.05) is 11.6 Å². The number of nitrogens with one attached hydrogen (secondary N) is 3. The summed E-state index contributed by atoms with van der Waals surface area (Å²) in [6.07, 6.45) is 0.315. The number of carbonyl (C=O) groups excluding carboxylic acids is 1. The van der Waals surface area contributed by atoms with Crippen molar-refractivity contribution in [2.45, 2.75) is 0 Å². The molecule has 2 aromatic rings. The number of carbonyl (C=O) groups is 2. The topological polar surface area (TPSA) is 94.2 Å². The number of hydrogen-bond donors (Lipinski definition) is 4. The molecule has 1 aromatic carbocycles. The van der Waals surface area contributed by atoms with Gasteiger partial charge >= 0.3 is 6.09 Å². The van der Waals surface area contributed by atoms with Crippen molar-refractivity contribution in [2.24, 2.45) is 0 Å². The Labute approximate surface area is 101 Å². The first-order valence-corrected chi connectivity index (χ1v) is 5.02. The number of benzene rings is 1. The fourth-order valence-corrected chi connectivity index (χ4v) is 1.74. The summed E-state index contributed by atoms with van der Waals surface area (Å²) in [5, 5.41) is 9.44. The van der Waals surface area contributed by atoms with E-state index in [1.807, 2.05) is 5.43 Å². The van der Waals surface area contributed by atoms with Crippen molar-refractivity contribution < 1.29 is 14.7 Å². The molecule has 0 fully saturated rings. The van der Waals surface area contributed by atoms with Crippen molar-refractivity contribution in [3.05, 3.63) is 35.0 Å². The van der Waals surface area contributed by atoms with Gasteiger partial charge < -0.3 is 10.1 Å². The zero-order valence-electron chi connectivity index (χ0n) is 8.45. The lowest BCUT2D eigenvalue weighted by molar-refractivity contribution is 0.0928. The van der Waals surface area contributed by atoms with Crippen molar-refractivity contribution in [3.63, 3.8) is 0 Å². The van der Waals surface area contributed by atoms with Crippen LogP contribution < -0.4 is 10.9 Å². The monoisotopic (exact) mass is 253 g/mol. The fraction of sp³-hybridized carbons (Fsp3) is 0. The first kappa shape index (κ1) is 11.3. The quantitative estimate of drug-likeness (QED) is 0.583. The van der Waals surface area contributed by atoms with E-state index >= 15 is 0 Å². The summed E-state index contributed by atoms with van der Waals surface area (Å²) in [5.74, 6) is -0.620. The number of fused-ring (bicyclic) bond motifs is 1. The number of H-pyrrole nitrogens is 1. The summed E-state index contributed by atoms with van der Waals surface area (Å²) in [6.45, 7) is 0. The molecule has 0 saturated carbocycles. The number of hydrazine groups is 1. The van der Waals surface area contributed by atoms with Crippen LogP contribution >= 0.6 is 11.6 Å². The van der Waals surface area contributed by atoms with Crippen molar-refractivity contribution in [2.75, 3.05) is 0 Å². The number of hydrogen-bond acceptors (Lipinski definition) is 2. The van der Waals surface area contributed by atoms with Crippen LogP contribution in [0.25, 0.3) is 10.9 Å². The molecule has 2 rings (SSSR count). The summed E-state index contributed by atoms with van der Waals surface area (Å²) in [6, 6.07) is 5.12. The van der Waals surface area contributed by atoms with E-state index in [4.69, 9.17) is 16.7 Å². The number of amides is 2. The van der Waals surface area contributed by atoms with Gasteiger partial charge in [-0.25, -0.2) is 10.2 Å². The molecule has 1 heterocycles. The van der Waals surface area contributed by atoms with Gasteiger partial charge in [-0.1, -0.05) is 17.7 Å². The highest BCUT2D eigenvalue weighted by Crippen LogP contribution is 2.24. The molecule has 0 radical (unpaired) electrons. The maximum Gasteiger partial charge on any atom is 0.423 e. The van der Waals surface area contributed by atoms with Gasteiger partial charge in [-0.05, 0) is 12.1 Å². The molecule has 7 heteroatoms. The smallest absolute Gasteiger partial charge is 0.423 e. The Morgan fingerprint density at radius 2 is 2.00 bits per heavy atom. The fourth-order valence-electron chi connectivity index (χ4n) is 1.50. The van der Waals surface area contributed by atoms with Gasteiger partial charge in [-0.3, -0.25) is 10.2 Å².